The molecule has 0 aliphatic heterocycles. The first-order valence-electron chi connectivity index (χ1n) is 21.9. The molecule has 0 saturated carbocycles. The Kier molecular flexibility index (Phi) is 19.9. The fourth-order valence-corrected chi connectivity index (χ4v) is 7.91. The number of rotatable bonds is 20. The summed E-state index contributed by atoms with van der Waals surface area (Å²) in [5.41, 5.74) is 6.19. The number of hydrogen-bond acceptors (Lipinski definition) is 8. The van der Waals surface area contributed by atoms with Crippen LogP contribution in [0.3, 0.4) is 0 Å². The van der Waals surface area contributed by atoms with Gasteiger partial charge in [0.15, 0.2) is 11.6 Å². The predicted octanol–water partition coefficient (Wildman–Crippen LogP) is 8.00. The van der Waals surface area contributed by atoms with Gasteiger partial charge in [-0.1, -0.05) is 171 Å². The van der Waals surface area contributed by atoms with E-state index in [0.717, 1.165) is 35.1 Å². The van der Waals surface area contributed by atoms with E-state index in [-0.39, 0.29) is 37.2 Å². The SMILES string of the molecule is CCc1cccc(C[C@H](NC(=O)[C@@H](CC(=O)c2ccccc2)c2cccc(Cl)c2)B(O)O)c1.CCc1cccc(C[C@H](NC(=O)[C@H](CC(=O)c2ccccc2)c2cccc(Cl)c2)B(O)O)c1. The Morgan fingerprint density at radius 1 is 0.470 bits per heavy atom. The highest BCUT2D eigenvalue weighted by atomic mass is 35.5. The molecule has 10 nitrogen and oxygen atoms in total. The minimum absolute atomic E-state index is 0.0737. The van der Waals surface area contributed by atoms with Crippen LogP contribution in [0.2, 0.25) is 10.0 Å². The molecule has 14 heteroatoms. The summed E-state index contributed by atoms with van der Waals surface area (Å²) in [6.07, 6.45) is 2.04. The van der Waals surface area contributed by atoms with Crippen molar-refractivity contribution >= 4 is 60.8 Å². The second kappa shape index (κ2) is 25.7. The standard InChI is InChI=1S/2C26H27BClNO4/c2*1-2-18-8-6-9-19(14-18)15-25(27(32)33)29-26(31)23(21-12-7-13-22(28)16-21)17-24(30)20-10-4-3-5-11-20/h2*3-14,16,23,25,32-33H,2,15,17H2,1H3,(H,29,31)/t23-,25+;23-,25-/m10/s1. The van der Waals surface area contributed by atoms with Gasteiger partial charge in [-0.05, 0) is 83.3 Å². The van der Waals surface area contributed by atoms with Gasteiger partial charge in [-0.2, -0.15) is 0 Å². The number of nitrogens with one attached hydrogen (secondary N) is 2. The van der Waals surface area contributed by atoms with Crippen LogP contribution in [-0.4, -0.2) is 69.6 Å². The molecule has 6 aromatic carbocycles. The fourth-order valence-electron chi connectivity index (χ4n) is 7.51. The van der Waals surface area contributed by atoms with Crippen LogP contribution in [0.4, 0.5) is 0 Å². The van der Waals surface area contributed by atoms with E-state index in [0.29, 0.717) is 32.3 Å². The predicted molar refractivity (Wildman–Crippen MR) is 262 cm³/mol. The third-order valence-electron chi connectivity index (χ3n) is 11.2. The Hall–Kier alpha value is -5.85. The molecule has 0 spiro atoms. The van der Waals surface area contributed by atoms with Crippen molar-refractivity contribution in [3.8, 4) is 0 Å². The Balaban J connectivity index is 0.000000247. The monoisotopic (exact) mass is 926 g/mol. The molecule has 0 fully saturated rings. The summed E-state index contributed by atoms with van der Waals surface area (Å²) in [4.78, 5) is 52.4. The van der Waals surface area contributed by atoms with Crippen molar-refractivity contribution in [2.75, 3.05) is 0 Å². The Morgan fingerprint density at radius 2 is 0.818 bits per heavy atom. The Bertz CT molecular complexity index is 2360. The normalized spacial score (nSPS) is 12.6. The van der Waals surface area contributed by atoms with Crippen molar-refractivity contribution in [2.45, 2.75) is 76.1 Å². The van der Waals surface area contributed by atoms with E-state index in [2.05, 4.69) is 10.6 Å². The number of benzene rings is 6. The van der Waals surface area contributed by atoms with Crippen LogP contribution in [0, 0.1) is 0 Å². The molecular formula is C52H54B2Cl2N2O8. The van der Waals surface area contributed by atoms with E-state index in [1.54, 1.807) is 97.1 Å². The van der Waals surface area contributed by atoms with E-state index >= 15 is 0 Å². The maximum atomic E-state index is 13.3. The molecule has 0 aromatic heterocycles. The highest BCUT2D eigenvalue weighted by molar-refractivity contribution is 6.44. The van der Waals surface area contributed by atoms with Crippen LogP contribution >= 0.6 is 23.2 Å². The van der Waals surface area contributed by atoms with Gasteiger partial charge in [-0.3, -0.25) is 19.2 Å². The first-order chi connectivity index (χ1) is 31.7. The van der Waals surface area contributed by atoms with Gasteiger partial charge in [0, 0.05) is 34.0 Å². The minimum atomic E-state index is -1.76. The zero-order valence-electron chi connectivity index (χ0n) is 36.9. The summed E-state index contributed by atoms with van der Waals surface area (Å²) in [5.74, 6) is -4.84. The molecule has 4 atom stereocenters. The van der Waals surface area contributed by atoms with Crippen molar-refractivity contribution < 1.29 is 39.3 Å². The smallest absolute Gasteiger partial charge is 0.426 e. The molecule has 66 heavy (non-hydrogen) atoms. The highest BCUT2D eigenvalue weighted by Crippen LogP contribution is 2.27. The van der Waals surface area contributed by atoms with Crippen molar-refractivity contribution in [1.29, 1.82) is 0 Å². The molecule has 0 bridgehead atoms. The molecule has 0 heterocycles. The van der Waals surface area contributed by atoms with Crippen molar-refractivity contribution in [2.24, 2.45) is 0 Å². The van der Waals surface area contributed by atoms with Crippen molar-refractivity contribution in [3.63, 3.8) is 0 Å². The molecular weight excluding hydrogens is 873 g/mol. The van der Waals surface area contributed by atoms with Gasteiger partial charge in [0.2, 0.25) is 11.8 Å². The van der Waals surface area contributed by atoms with Crippen molar-refractivity contribution in [3.05, 3.63) is 212 Å². The second-order valence-corrected chi connectivity index (χ2v) is 16.9. The lowest BCUT2D eigenvalue weighted by molar-refractivity contribution is -0.123. The Morgan fingerprint density at radius 3 is 1.15 bits per heavy atom. The first-order valence-corrected chi connectivity index (χ1v) is 22.7. The topological polar surface area (TPSA) is 173 Å². The summed E-state index contributed by atoms with van der Waals surface area (Å²) in [6.45, 7) is 4.08. The van der Waals surface area contributed by atoms with Crippen LogP contribution < -0.4 is 10.6 Å². The van der Waals surface area contributed by atoms with Crippen LogP contribution in [0.1, 0.15) is 92.6 Å². The number of halogens is 2. The number of aryl methyl sites for hydroxylation is 2. The lowest BCUT2D eigenvalue weighted by Gasteiger charge is -2.23. The third kappa shape index (κ3) is 15.7. The summed E-state index contributed by atoms with van der Waals surface area (Å²) in [5, 5.41) is 46.2. The number of carbonyl (C=O) groups is 4. The number of hydrogen-bond donors (Lipinski definition) is 6. The van der Waals surface area contributed by atoms with Gasteiger partial charge in [-0.15, -0.1) is 0 Å². The quantitative estimate of drug-likeness (QED) is 0.0330. The summed E-state index contributed by atoms with van der Waals surface area (Å²) >= 11 is 12.3. The van der Waals surface area contributed by atoms with Gasteiger partial charge < -0.3 is 30.7 Å². The largest absolute Gasteiger partial charge is 0.475 e. The molecule has 340 valence electrons. The van der Waals surface area contributed by atoms with E-state index in [4.69, 9.17) is 23.2 Å². The number of ketones is 2. The van der Waals surface area contributed by atoms with Gasteiger partial charge in [0.25, 0.3) is 0 Å². The molecule has 6 rings (SSSR count). The summed E-state index contributed by atoms with van der Waals surface area (Å²) in [7, 11) is -3.52. The van der Waals surface area contributed by atoms with Crippen LogP contribution in [0.15, 0.2) is 158 Å². The fraction of sp³-hybridized carbons (Fsp3) is 0.231. The van der Waals surface area contributed by atoms with E-state index in [1.807, 2.05) is 74.5 Å². The molecule has 0 saturated heterocycles. The van der Waals surface area contributed by atoms with E-state index in [1.165, 1.54) is 0 Å². The average Bonchev–Trinajstić information content (AvgIpc) is 3.32. The second-order valence-electron chi connectivity index (χ2n) is 16.0. The zero-order chi connectivity index (χ0) is 47.6. The van der Waals surface area contributed by atoms with E-state index < -0.39 is 49.8 Å². The highest BCUT2D eigenvalue weighted by Gasteiger charge is 2.33. The van der Waals surface area contributed by atoms with Gasteiger partial charge in [0.1, 0.15) is 0 Å². The van der Waals surface area contributed by atoms with E-state index in [9.17, 15) is 39.3 Å². The molecule has 6 N–H and O–H groups in total. The van der Waals surface area contributed by atoms with Crippen LogP contribution in [0.25, 0.3) is 0 Å². The summed E-state index contributed by atoms with van der Waals surface area (Å²) in [6, 6.07) is 46.7. The van der Waals surface area contributed by atoms with Crippen LogP contribution in [-0.2, 0) is 35.3 Å². The molecule has 0 aliphatic carbocycles. The average molecular weight is 928 g/mol. The molecule has 0 radical (unpaired) electrons. The van der Waals surface area contributed by atoms with Gasteiger partial charge >= 0.3 is 14.2 Å². The zero-order valence-corrected chi connectivity index (χ0v) is 38.4. The number of Topliss-reactive ketones (excluding diaryl/α,β-unsaturated/α-hetero) is 2. The molecule has 6 aromatic rings. The van der Waals surface area contributed by atoms with Crippen LogP contribution in [0.5, 0.6) is 0 Å². The van der Waals surface area contributed by atoms with Gasteiger partial charge in [0.05, 0.1) is 23.7 Å². The maximum absolute atomic E-state index is 13.3. The number of carbonyl (C=O) groups excluding carboxylic acids is 4. The molecule has 0 aliphatic rings. The molecule has 2 amide bonds. The summed E-state index contributed by atoms with van der Waals surface area (Å²) < 4.78 is 0. The number of amides is 2. The Labute approximate surface area is 397 Å². The third-order valence-corrected chi connectivity index (χ3v) is 11.7. The maximum Gasteiger partial charge on any atom is 0.475 e. The van der Waals surface area contributed by atoms with Gasteiger partial charge in [-0.25, -0.2) is 0 Å². The van der Waals surface area contributed by atoms with Crippen molar-refractivity contribution in [1.82, 2.24) is 10.6 Å². The minimum Gasteiger partial charge on any atom is -0.426 e. The lowest BCUT2D eigenvalue weighted by atomic mass is 9.75. The lowest BCUT2D eigenvalue weighted by Crippen LogP contribution is -2.49. The molecule has 0 unspecified atom stereocenters. The first kappa shape index (κ1) is 51.1.